The van der Waals surface area contributed by atoms with Gasteiger partial charge in [0.05, 0.1) is 17.1 Å². The first kappa shape index (κ1) is 21.7. The van der Waals surface area contributed by atoms with Crippen molar-refractivity contribution in [3.63, 3.8) is 0 Å². The van der Waals surface area contributed by atoms with Crippen LogP contribution in [0.1, 0.15) is 37.0 Å². The standard InChI is InChI=1S/C26H23ClN4OS/c1-4-23-20-13-8-9-14-21(20)26(30(28-23)19-11-6-5-7-12-19)31(29-25(33-26)18(3)32)24-16-10-15-22(27)17(24)2/h5-16H,4H2,1-3H3/t26-/m1/s1. The molecule has 0 bridgehead atoms. The van der Waals surface area contributed by atoms with Gasteiger partial charge in [0, 0.05) is 23.1 Å². The lowest BCUT2D eigenvalue weighted by molar-refractivity contribution is -0.110. The third-order valence-electron chi connectivity index (χ3n) is 5.92. The summed E-state index contributed by atoms with van der Waals surface area (Å²) in [5.74, 6) is -0.0858. The fourth-order valence-corrected chi connectivity index (χ4v) is 5.73. The smallest absolute Gasteiger partial charge is 0.234 e. The van der Waals surface area contributed by atoms with Crippen molar-refractivity contribution in [2.45, 2.75) is 32.2 Å². The quantitative estimate of drug-likeness (QED) is 0.430. The van der Waals surface area contributed by atoms with Crippen LogP contribution in [0.25, 0.3) is 0 Å². The van der Waals surface area contributed by atoms with Crippen LogP contribution < -0.4 is 10.0 Å². The maximum atomic E-state index is 12.6. The maximum Gasteiger partial charge on any atom is 0.234 e. The third-order valence-corrected chi connectivity index (χ3v) is 7.74. The Morgan fingerprint density at radius 1 is 0.970 bits per heavy atom. The minimum Gasteiger partial charge on any atom is -0.292 e. The van der Waals surface area contributed by atoms with Crippen molar-refractivity contribution in [1.82, 2.24) is 0 Å². The Balaban J connectivity index is 1.85. The van der Waals surface area contributed by atoms with Crippen molar-refractivity contribution in [1.29, 1.82) is 0 Å². The molecule has 33 heavy (non-hydrogen) atoms. The summed E-state index contributed by atoms with van der Waals surface area (Å²) in [6, 6.07) is 24.0. The monoisotopic (exact) mass is 474 g/mol. The Bertz CT molecular complexity index is 1310. The minimum atomic E-state index is -0.924. The number of thioether (sulfide) groups is 1. The SMILES string of the molecule is CCC1=NN(c2ccccc2)[C@]2(SC(C(C)=O)=NN2c2cccc(Cl)c2C)c2ccccc21. The van der Waals surface area contributed by atoms with Gasteiger partial charge in [0.1, 0.15) is 0 Å². The zero-order valence-electron chi connectivity index (χ0n) is 18.6. The average Bonchev–Trinajstić information content (AvgIpc) is 3.23. The molecule has 166 valence electrons. The number of para-hydroxylation sites is 1. The van der Waals surface area contributed by atoms with Crippen LogP contribution in [0.5, 0.6) is 0 Å². The van der Waals surface area contributed by atoms with Gasteiger partial charge in [-0.05, 0) is 54.9 Å². The molecular weight excluding hydrogens is 452 g/mol. The van der Waals surface area contributed by atoms with E-state index in [0.29, 0.717) is 10.1 Å². The summed E-state index contributed by atoms with van der Waals surface area (Å²) in [5, 5.41) is 15.0. The number of hydrogen-bond acceptors (Lipinski definition) is 6. The number of carbonyl (C=O) groups is 1. The second-order valence-electron chi connectivity index (χ2n) is 7.96. The van der Waals surface area contributed by atoms with Crippen molar-refractivity contribution in [2.24, 2.45) is 10.2 Å². The highest BCUT2D eigenvalue weighted by Crippen LogP contribution is 2.55. The van der Waals surface area contributed by atoms with Crippen LogP contribution in [0.15, 0.2) is 83.0 Å². The van der Waals surface area contributed by atoms with E-state index >= 15 is 0 Å². The predicted octanol–water partition coefficient (Wildman–Crippen LogP) is 6.55. The lowest BCUT2D eigenvalue weighted by atomic mass is 9.96. The highest BCUT2D eigenvalue weighted by atomic mass is 35.5. The summed E-state index contributed by atoms with van der Waals surface area (Å²) >= 11 is 7.95. The first-order chi connectivity index (χ1) is 16.0. The Kier molecular flexibility index (Phi) is 5.51. The van der Waals surface area contributed by atoms with Crippen molar-refractivity contribution in [3.8, 4) is 0 Å². The number of hydrogen-bond donors (Lipinski definition) is 0. The van der Waals surface area contributed by atoms with Gasteiger partial charge in [0.2, 0.25) is 4.99 Å². The van der Waals surface area contributed by atoms with Gasteiger partial charge >= 0.3 is 0 Å². The Morgan fingerprint density at radius 2 is 1.70 bits per heavy atom. The van der Waals surface area contributed by atoms with Crippen LogP contribution in [-0.2, 0) is 9.79 Å². The molecule has 7 heteroatoms. The second-order valence-corrected chi connectivity index (χ2v) is 9.53. The number of anilines is 2. The molecule has 0 unspecified atom stereocenters. The van der Waals surface area contributed by atoms with Gasteiger partial charge in [-0.15, -0.1) is 0 Å². The summed E-state index contributed by atoms with van der Waals surface area (Å²) in [5.41, 5.74) is 5.71. The van der Waals surface area contributed by atoms with Crippen LogP contribution >= 0.6 is 23.4 Å². The molecule has 3 aromatic carbocycles. The molecule has 0 saturated heterocycles. The Hall–Kier alpha value is -3.09. The van der Waals surface area contributed by atoms with Gasteiger partial charge < -0.3 is 0 Å². The number of nitrogens with zero attached hydrogens (tertiary/aromatic N) is 4. The number of ketones is 1. The third kappa shape index (κ3) is 3.36. The number of carbonyl (C=O) groups excluding carboxylic acids is 1. The first-order valence-electron chi connectivity index (χ1n) is 10.8. The molecule has 0 aromatic heterocycles. The van der Waals surface area contributed by atoms with E-state index in [0.717, 1.165) is 40.2 Å². The van der Waals surface area contributed by atoms with E-state index in [1.807, 2.05) is 77.6 Å². The van der Waals surface area contributed by atoms with Gasteiger partial charge in [0.25, 0.3) is 0 Å². The van der Waals surface area contributed by atoms with Crippen LogP contribution in [0, 0.1) is 6.92 Å². The molecule has 0 fully saturated rings. The molecule has 0 radical (unpaired) electrons. The molecule has 1 spiro atoms. The van der Waals surface area contributed by atoms with E-state index in [1.54, 1.807) is 6.92 Å². The maximum absolute atomic E-state index is 12.6. The molecular formula is C26H23ClN4OS. The van der Waals surface area contributed by atoms with E-state index in [2.05, 4.69) is 19.1 Å². The van der Waals surface area contributed by atoms with Crippen LogP contribution in [0.3, 0.4) is 0 Å². The van der Waals surface area contributed by atoms with Crippen molar-refractivity contribution >= 4 is 51.3 Å². The van der Waals surface area contributed by atoms with E-state index in [1.165, 1.54) is 11.8 Å². The molecule has 0 amide bonds. The minimum absolute atomic E-state index is 0.0858. The highest BCUT2D eigenvalue weighted by molar-refractivity contribution is 8.17. The zero-order valence-corrected chi connectivity index (χ0v) is 20.2. The molecule has 1 atom stereocenters. The van der Waals surface area contributed by atoms with Gasteiger partial charge in [-0.2, -0.15) is 10.2 Å². The summed E-state index contributed by atoms with van der Waals surface area (Å²) in [7, 11) is 0. The zero-order chi connectivity index (χ0) is 23.2. The summed E-state index contributed by atoms with van der Waals surface area (Å²) in [4.78, 5) is 11.7. The molecule has 5 rings (SSSR count). The molecule has 5 nitrogen and oxygen atoms in total. The molecule has 2 aliphatic rings. The van der Waals surface area contributed by atoms with Gasteiger partial charge in [-0.3, -0.25) is 4.79 Å². The number of fused-ring (bicyclic) bond motifs is 2. The largest absolute Gasteiger partial charge is 0.292 e. The van der Waals surface area contributed by atoms with Gasteiger partial charge in [-0.1, -0.05) is 67.1 Å². The fourth-order valence-electron chi connectivity index (χ4n) is 4.28. The summed E-state index contributed by atoms with van der Waals surface area (Å²) in [6.07, 6.45) is 0.776. The molecule has 2 heterocycles. The average molecular weight is 475 g/mol. The summed E-state index contributed by atoms with van der Waals surface area (Å²) < 4.78 is 0. The second kappa shape index (κ2) is 8.36. The topological polar surface area (TPSA) is 48.3 Å². The molecule has 3 aromatic rings. The van der Waals surface area contributed by atoms with Crippen LogP contribution in [0.2, 0.25) is 5.02 Å². The summed E-state index contributed by atoms with van der Waals surface area (Å²) in [6.45, 7) is 5.63. The number of rotatable bonds is 4. The Labute approximate surface area is 202 Å². The van der Waals surface area contributed by atoms with Gasteiger partial charge in [0.15, 0.2) is 10.8 Å². The molecule has 0 saturated carbocycles. The number of hydrazone groups is 2. The highest BCUT2D eigenvalue weighted by Gasteiger charge is 2.55. The lowest BCUT2D eigenvalue weighted by Crippen LogP contribution is -2.54. The van der Waals surface area contributed by atoms with E-state index in [4.69, 9.17) is 21.8 Å². The van der Waals surface area contributed by atoms with Crippen molar-refractivity contribution in [3.05, 3.63) is 94.5 Å². The van der Waals surface area contributed by atoms with E-state index < -0.39 is 4.99 Å². The Morgan fingerprint density at radius 3 is 2.42 bits per heavy atom. The molecule has 0 aliphatic carbocycles. The van der Waals surface area contributed by atoms with Gasteiger partial charge in [-0.25, -0.2) is 10.0 Å². The lowest BCUT2D eigenvalue weighted by Gasteiger charge is -2.47. The predicted molar refractivity (Wildman–Crippen MR) is 138 cm³/mol. The fraction of sp³-hybridized carbons (Fsp3) is 0.192. The molecule has 2 aliphatic heterocycles. The molecule has 0 N–H and O–H groups in total. The van der Waals surface area contributed by atoms with Crippen molar-refractivity contribution < 1.29 is 4.79 Å². The normalized spacial score (nSPS) is 19.4. The first-order valence-corrected chi connectivity index (χ1v) is 12.0. The van der Waals surface area contributed by atoms with Crippen molar-refractivity contribution in [2.75, 3.05) is 10.0 Å². The number of benzene rings is 3. The van der Waals surface area contributed by atoms with E-state index in [-0.39, 0.29) is 5.78 Å². The van der Waals surface area contributed by atoms with Crippen LogP contribution in [-0.4, -0.2) is 16.5 Å². The number of halogens is 1. The number of Topliss-reactive ketones (excluding diaryl/α,β-unsaturated/α-hetero) is 1. The van der Waals surface area contributed by atoms with E-state index in [9.17, 15) is 4.79 Å². The van der Waals surface area contributed by atoms with Crippen LogP contribution in [0.4, 0.5) is 11.4 Å².